The first kappa shape index (κ1) is 13.8. The summed E-state index contributed by atoms with van der Waals surface area (Å²) in [7, 11) is 0. The summed E-state index contributed by atoms with van der Waals surface area (Å²) in [4.78, 5) is 0. The molecule has 1 aromatic rings. The average Bonchev–Trinajstić information content (AvgIpc) is 2.36. The fourth-order valence-electron chi connectivity index (χ4n) is 1.80. The van der Waals surface area contributed by atoms with Crippen LogP contribution in [0.4, 0.5) is 0 Å². The monoisotopic (exact) mass is 232 g/mol. The third kappa shape index (κ3) is 5.58. The quantitative estimate of drug-likeness (QED) is 0.569. The van der Waals surface area contributed by atoms with Gasteiger partial charge in [-0.05, 0) is 25.8 Å². The fourth-order valence-corrected chi connectivity index (χ4v) is 1.80. The molecule has 0 spiro atoms. The van der Waals surface area contributed by atoms with Crippen molar-refractivity contribution >= 4 is 6.08 Å². The maximum Gasteiger partial charge on any atom is 0.126 e. The molecule has 0 heterocycles. The van der Waals surface area contributed by atoms with Crippen LogP contribution >= 0.6 is 0 Å². The van der Waals surface area contributed by atoms with Crippen molar-refractivity contribution in [2.24, 2.45) is 0 Å². The molecule has 0 atom stereocenters. The zero-order valence-electron chi connectivity index (χ0n) is 11.1. The van der Waals surface area contributed by atoms with E-state index >= 15 is 0 Å². The Balaban J connectivity index is 2.41. The second-order valence-corrected chi connectivity index (χ2v) is 4.22. The number of para-hydroxylation sites is 1. The minimum Gasteiger partial charge on any atom is -0.493 e. The van der Waals surface area contributed by atoms with Gasteiger partial charge in [0.1, 0.15) is 5.75 Å². The summed E-state index contributed by atoms with van der Waals surface area (Å²) in [5.41, 5.74) is 1.19. The van der Waals surface area contributed by atoms with Crippen LogP contribution in [0.3, 0.4) is 0 Å². The number of rotatable bonds is 8. The number of ether oxygens (including phenoxy) is 1. The zero-order chi connectivity index (χ0) is 12.3. The van der Waals surface area contributed by atoms with Gasteiger partial charge in [0.2, 0.25) is 0 Å². The van der Waals surface area contributed by atoms with E-state index in [2.05, 4.69) is 31.2 Å². The van der Waals surface area contributed by atoms with Crippen molar-refractivity contribution in [3.05, 3.63) is 35.9 Å². The molecule has 0 N–H and O–H groups in total. The van der Waals surface area contributed by atoms with Crippen molar-refractivity contribution in [3.8, 4) is 5.75 Å². The average molecular weight is 232 g/mol. The van der Waals surface area contributed by atoms with Crippen LogP contribution in [-0.2, 0) is 0 Å². The van der Waals surface area contributed by atoms with Crippen LogP contribution in [0.25, 0.3) is 6.08 Å². The SMILES string of the molecule is CCCCCCC=Cc1ccccc1OCC. The predicted molar refractivity (Wildman–Crippen MR) is 75.4 cm³/mol. The molecular formula is C16H24O. The minimum atomic E-state index is 0.724. The van der Waals surface area contributed by atoms with Crippen LogP contribution in [0.15, 0.2) is 30.3 Å². The van der Waals surface area contributed by atoms with E-state index in [9.17, 15) is 0 Å². The molecule has 1 heteroatoms. The number of hydrogen-bond donors (Lipinski definition) is 0. The van der Waals surface area contributed by atoms with E-state index in [1.54, 1.807) is 0 Å². The first-order valence-corrected chi connectivity index (χ1v) is 6.76. The Hall–Kier alpha value is -1.24. The molecule has 0 saturated carbocycles. The van der Waals surface area contributed by atoms with Crippen LogP contribution in [0.5, 0.6) is 5.75 Å². The maximum absolute atomic E-state index is 5.58. The van der Waals surface area contributed by atoms with Crippen LogP contribution in [0.1, 0.15) is 51.5 Å². The minimum absolute atomic E-state index is 0.724. The van der Waals surface area contributed by atoms with E-state index in [1.165, 1.54) is 37.7 Å². The molecule has 0 amide bonds. The second kappa shape index (κ2) is 8.86. The molecule has 1 rings (SSSR count). The fraction of sp³-hybridized carbons (Fsp3) is 0.500. The van der Waals surface area contributed by atoms with Gasteiger partial charge in [-0.25, -0.2) is 0 Å². The Labute approximate surface area is 106 Å². The molecular weight excluding hydrogens is 208 g/mol. The number of unbranched alkanes of at least 4 members (excludes halogenated alkanes) is 4. The summed E-state index contributed by atoms with van der Waals surface area (Å²) in [6.07, 6.45) is 10.9. The molecule has 0 aliphatic heterocycles. The summed E-state index contributed by atoms with van der Waals surface area (Å²) in [6.45, 7) is 4.99. The van der Waals surface area contributed by atoms with E-state index < -0.39 is 0 Å². The van der Waals surface area contributed by atoms with Crippen molar-refractivity contribution in [2.45, 2.75) is 46.0 Å². The van der Waals surface area contributed by atoms with Gasteiger partial charge in [-0.3, -0.25) is 0 Å². The molecule has 0 aliphatic carbocycles. The lowest BCUT2D eigenvalue weighted by Gasteiger charge is -2.06. The third-order valence-corrected chi connectivity index (χ3v) is 2.74. The Morgan fingerprint density at radius 1 is 1.06 bits per heavy atom. The first-order valence-electron chi connectivity index (χ1n) is 6.76. The Morgan fingerprint density at radius 2 is 1.88 bits per heavy atom. The Bertz CT molecular complexity index is 328. The maximum atomic E-state index is 5.58. The molecule has 94 valence electrons. The summed E-state index contributed by atoms with van der Waals surface area (Å²) < 4.78 is 5.58. The van der Waals surface area contributed by atoms with E-state index in [0.717, 1.165) is 12.4 Å². The van der Waals surface area contributed by atoms with Gasteiger partial charge in [-0.15, -0.1) is 0 Å². The van der Waals surface area contributed by atoms with Gasteiger partial charge in [-0.2, -0.15) is 0 Å². The van der Waals surface area contributed by atoms with Crippen LogP contribution in [-0.4, -0.2) is 6.61 Å². The number of allylic oxidation sites excluding steroid dienone is 1. The van der Waals surface area contributed by atoms with Gasteiger partial charge >= 0.3 is 0 Å². The normalized spacial score (nSPS) is 10.9. The van der Waals surface area contributed by atoms with Gasteiger partial charge in [0.25, 0.3) is 0 Å². The lowest BCUT2D eigenvalue weighted by molar-refractivity contribution is 0.339. The molecule has 17 heavy (non-hydrogen) atoms. The van der Waals surface area contributed by atoms with Gasteiger partial charge in [0.05, 0.1) is 6.61 Å². The van der Waals surface area contributed by atoms with Crippen molar-refractivity contribution in [1.82, 2.24) is 0 Å². The first-order chi connectivity index (χ1) is 8.38. The molecule has 0 bridgehead atoms. The van der Waals surface area contributed by atoms with Gasteiger partial charge in [-0.1, -0.05) is 56.5 Å². The molecule has 1 nitrogen and oxygen atoms in total. The predicted octanol–water partition coefficient (Wildman–Crippen LogP) is 5.07. The topological polar surface area (TPSA) is 9.23 Å². The largest absolute Gasteiger partial charge is 0.493 e. The summed E-state index contributed by atoms with van der Waals surface area (Å²) in [5.74, 6) is 0.986. The Kier molecular flexibility index (Phi) is 7.20. The molecule has 0 aromatic heterocycles. The second-order valence-electron chi connectivity index (χ2n) is 4.22. The van der Waals surface area contributed by atoms with Crippen molar-refractivity contribution < 1.29 is 4.74 Å². The highest BCUT2D eigenvalue weighted by Crippen LogP contribution is 2.19. The van der Waals surface area contributed by atoms with E-state index in [0.29, 0.717) is 0 Å². The van der Waals surface area contributed by atoms with E-state index in [-0.39, 0.29) is 0 Å². The lowest BCUT2D eigenvalue weighted by Crippen LogP contribution is -1.93. The molecule has 0 fully saturated rings. The summed E-state index contributed by atoms with van der Waals surface area (Å²) in [5, 5.41) is 0. The zero-order valence-corrected chi connectivity index (χ0v) is 11.1. The van der Waals surface area contributed by atoms with E-state index in [4.69, 9.17) is 4.74 Å². The molecule has 0 unspecified atom stereocenters. The van der Waals surface area contributed by atoms with Gasteiger partial charge in [0, 0.05) is 5.56 Å². The Morgan fingerprint density at radius 3 is 2.65 bits per heavy atom. The molecule has 1 aromatic carbocycles. The standard InChI is InChI=1S/C16H24O/c1-3-5-6-7-8-9-12-15-13-10-11-14-16(15)17-4-2/h9-14H,3-8H2,1-2H3. The highest BCUT2D eigenvalue weighted by molar-refractivity contribution is 5.56. The smallest absolute Gasteiger partial charge is 0.126 e. The molecule has 0 saturated heterocycles. The molecule has 0 radical (unpaired) electrons. The van der Waals surface area contributed by atoms with Crippen molar-refractivity contribution in [2.75, 3.05) is 6.61 Å². The van der Waals surface area contributed by atoms with Crippen molar-refractivity contribution in [1.29, 1.82) is 0 Å². The molecule has 0 aliphatic rings. The van der Waals surface area contributed by atoms with E-state index in [1.807, 2.05) is 19.1 Å². The van der Waals surface area contributed by atoms with Crippen LogP contribution in [0.2, 0.25) is 0 Å². The number of hydrogen-bond acceptors (Lipinski definition) is 1. The highest BCUT2D eigenvalue weighted by atomic mass is 16.5. The number of benzene rings is 1. The van der Waals surface area contributed by atoms with Gasteiger partial charge < -0.3 is 4.74 Å². The summed E-state index contributed by atoms with van der Waals surface area (Å²) >= 11 is 0. The van der Waals surface area contributed by atoms with Crippen molar-refractivity contribution in [3.63, 3.8) is 0 Å². The lowest BCUT2D eigenvalue weighted by atomic mass is 10.1. The van der Waals surface area contributed by atoms with Crippen LogP contribution < -0.4 is 4.74 Å². The highest BCUT2D eigenvalue weighted by Gasteiger charge is 1.97. The third-order valence-electron chi connectivity index (χ3n) is 2.74. The van der Waals surface area contributed by atoms with Gasteiger partial charge in [0.15, 0.2) is 0 Å². The van der Waals surface area contributed by atoms with Crippen LogP contribution in [0, 0.1) is 0 Å². The summed E-state index contributed by atoms with van der Waals surface area (Å²) in [6, 6.07) is 8.21.